The highest BCUT2D eigenvalue weighted by atomic mass is 14.3. The zero-order valence-corrected chi connectivity index (χ0v) is 20.1. The maximum Gasteiger partial charge on any atom is 0.100 e. The number of benzene rings is 2. The van der Waals surface area contributed by atoms with Crippen LogP contribution in [-0.2, 0) is 12.8 Å². The van der Waals surface area contributed by atoms with E-state index >= 15 is 0 Å². The van der Waals surface area contributed by atoms with Gasteiger partial charge >= 0.3 is 0 Å². The normalized spacial score (nSPS) is 17.9. The van der Waals surface area contributed by atoms with E-state index in [0.29, 0.717) is 11.8 Å². The Balaban J connectivity index is 1.52. The van der Waals surface area contributed by atoms with E-state index in [4.69, 9.17) is 0 Å². The Kier molecular flexibility index (Phi) is 9.91. The number of unbranched alkanes of at least 4 members (excludes halogenated alkanes) is 4. The highest BCUT2D eigenvalue weighted by Crippen LogP contribution is 2.35. The van der Waals surface area contributed by atoms with Crippen LogP contribution in [0, 0.1) is 29.1 Å². The molecule has 1 heteroatoms. The highest BCUT2D eigenvalue weighted by Gasteiger charge is 2.21. The molecule has 32 heavy (non-hydrogen) atoms. The third kappa shape index (κ3) is 7.28. The molecule has 0 aliphatic heterocycles. The van der Waals surface area contributed by atoms with E-state index in [9.17, 15) is 5.26 Å². The summed E-state index contributed by atoms with van der Waals surface area (Å²) in [6.45, 7) is 4.48. The molecule has 2 aromatic rings. The van der Waals surface area contributed by atoms with Crippen molar-refractivity contribution in [2.45, 2.75) is 96.8 Å². The Labute approximate surface area is 196 Å². The molecule has 0 N–H and O–H groups in total. The standard InChI is InChI=1S/C31H39N/c1-3-5-6-7-8-10-27-16-22-30(31(23-27)24-32)21-15-26-13-19-29(20-14-26)28-17-11-25(9-4-2)12-18-28/h11-12,16-18,22-23,26,29H,3-10,13-14,19-20H2,1-2H3/t26-,29-. The second-order valence-corrected chi connectivity index (χ2v) is 9.47. The second-order valence-electron chi connectivity index (χ2n) is 9.47. The number of nitrogens with zero attached hydrogens (tertiary/aromatic N) is 1. The van der Waals surface area contributed by atoms with Gasteiger partial charge in [0, 0.05) is 11.5 Å². The van der Waals surface area contributed by atoms with E-state index in [1.165, 1.54) is 74.5 Å². The Morgan fingerprint density at radius 1 is 0.750 bits per heavy atom. The van der Waals surface area contributed by atoms with Gasteiger partial charge in [0.25, 0.3) is 0 Å². The number of aryl methyl sites for hydroxylation is 2. The molecule has 2 aromatic carbocycles. The van der Waals surface area contributed by atoms with Crippen molar-refractivity contribution < 1.29 is 0 Å². The predicted octanol–water partition coefficient (Wildman–Crippen LogP) is 8.35. The molecule has 0 spiro atoms. The van der Waals surface area contributed by atoms with Crippen LogP contribution >= 0.6 is 0 Å². The molecule has 1 aliphatic rings. The van der Waals surface area contributed by atoms with Crippen LogP contribution < -0.4 is 0 Å². The topological polar surface area (TPSA) is 23.8 Å². The summed E-state index contributed by atoms with van der Waals surface area (Å²) in [6.07, 6.45) is 14.6. The van der Waals surface area contributed by atoms with Gasteiger partial charge in [0.15, 0.2) is 0 Å². The van der Waals surface area contributed by atoms with Crippen molar-refractivity contribution in [3.63, 3.8) is 0 Å². The Bertz CT molecular complexity index is 927. The lowest BCUT2D eigenvalue weighted by molar-refractivity contribution is 0.384. The van der Waals surface area contributed by atoms with Gasteiger partial charge in [-0.15, -0.1) is 0 Å². The summed E-state index contributed by atoms with van der Waals surface area (Å²) in [5.41, 5.74) is 5.86. The molecule has 0 heterocycles. The van der Waals surface area contributed by atoms with E-state index in [-0.39, 0.29) is 0 Å². The minimum Gasteiger partial charge on any atom is -0.192 e. The van der Waals surface area contributed by atoms with Crippen LogP contribution in [0.2, 0.25) is 0 Å². The molecule has 1 aliphatic carbocycles. The predicted molar refractivity (Wildman–Crippen MR) is 136 cm³/mol. The van der Waals surface area contributed by atoms with Crippen molar-refractivity contribution in [2.24, 2.45) is 5.92 Å². The van der Waals surface area contributed by atoms with E-state index in [1.807, 2.05) is 0 Å². The minimum absolute atomic E-state index is 0.454. The van der Waals surface area contributed by atoms with Gasteiger partial charge in [-0.3, -0.25) is 0 Å². The minimum atomic E-state index is 0.454. The lowest BCUT2D eigenvalue weighted by atomic mass is 9.78. The van der Waals surface area contributed by atoms with Crippen molar-refractivity contribution >= 4 is 0 Å². The highest BCUT2D eigenvalue weighted by molar-refractivity contribution is 5.50. The van der Waals surface area contributed by atoms with Gasteiger partial charge in [0.2, 0.25) is 0 Å². The summed E-state index contributed by atoms with van der Waals surface area (Å²) in [7, 11) is 0. The molecule has 0 radical (unpaired) electrons. The van der Waals surface area contributed by atoms with Gasteiger partial charge in [-0.05, 0) is 79.7 Å². The Morgan fingerprint density at radius 2 is 1.47 bits per heavy atom. The van der Waals surface area contributed by atoms with Gasteiger partial charge < -0.3 is 0 Å². The Hall–Kier alpha value is -2.51. The molecule has 168 valence electrons. The van der Waals surface area contributed by atoms with Crippen LogP contribution in [0.15, 0.2) is 42.5 Å². The van der Waals surface area contributed by atoms with Crippen LogP contribution in [0.25, 0.3) is 0 Å². The molecule has 3 rings (SSSR count). The maximum atomic E-state index is 9.62. The lowest BCUT2D eigenvalue weighted by Gasteiger charge is -2.26. The molecular formula is C31H39N. The van der Waals surface area contributed by atoms with Gasteiger partial charge in [0.05, 0.1) is 5.56 Å². The molecule has 0 saturated heterocycles. The first kappa shape index (κ1) is 24.1. The molecule has 0 atom stereocenters. The molecule has 0 bridgehead atoms. The van der Waals surface area contributed by atoms with Crippen molar-refractivity contribution in [3.05, 3.63) is 70.3 Å². The smallest absolute Gasteiger partial charge is 0.100 e. The maximum absolute atomic E-state index is 9.62. The number of nitriles is 1. The summed E-state index contributed by atoms with van der Waals surface area (Å²) in [4.78, 5) is 0. The van der Waals surface area contributed by atoms with E-state index < -0.39 is 0 Å². The summed E-state index contributed by atoms with van der Waals surface area (Å²) in [6, 6.07) is 18.0. The molecule has 0 unspecified atom stereocenters. The molecule has 1 fully saturated rings. The Morgan fingerprint density at radius 3 is 2.16 bits per heavy atom. The summed E-state index contributed by atoms with van der Waals surface area (Å²) >= 11 is 0. The molecule has 0 aromatic heterocycles. The van der Waals surface area contributed by atoms with Crippen molar-refractivity contribution in [3.8, 4) is 17.9 Å². The summed E-state index contributed by atoms with van der Waals surface area (Å²) in [5.74, 6) is 7.97. The fourth-order valence-electron chi connectivity index (χ4n) is 4.88. The van der Waals surface area contributed by atoms with Crippen molar-refractivity contribution in [1.82, 2.24) is 0 Å². The average molecular weight is 426 g/mol. The summed E-state index contributed by atoms with van der Waals surface area (Å²) < 4.78 is 0. The van der Waals surface area contributed by atoms with Crippen LogP contribution in [-0.4, -0.2) is 0 Å². The number of hydrogen-bond donors (Lipinski definition) is 0. The molecule has 1 saturated carbocycles. The first-order valence-electron chi connectivity index (χ1n) is 12.9. The SMILES string of the molecule is CCCCCCCc1ccc(C#C[C@H]2CC[C@H](c3ccc(CCC)cc3)CC2)c(C#N)c1. The number of hydrogen-bond acceptors (Lipinski definition) is 1. The zero-order valence-electron chi connectivity index (χ0n) is 20.1. The van der Waals surface area contributed by atoms with Gasteiger partial charge in [-0.25, -0.2) is 0 Å². The van der Waals surface area contributed by atoms with Gasteiger partial charge in [-0.1, -0.05) is 88.1 Å². The summed E-state index contributed by atoms with van der Waals surface area (Å²) in [5, 5.41) is 9.62. The van der Waals surface area contributed by atoms with Crippen molar-refractivity contribution in [1.29, 1.82) is 5.26 Å². The molecule has 1 nitrogen and oxygen atoms in total. The lowest BCUT2D eigenvalue weighted by Crippen LogP contribution is -2.12. The molecular weight excluding hydrogens is 386 g/mol. The first-order valence-corrected chi connectivity index (χ1v) is 12.9. The van der Waals surface area contributed by atoms with Gasteiger partial charge in [0.1, 0.15) is 6.07 Å². The van der Waals surface area contributed by atoms with E-state index in [1.54, 1.807) is 0 Å². The van der Waals surface area contributed by atoms with Gasteiger partial charge in [-0.2, -0.15) is 5.26 Å². The zero-order chi connectivity index (χ0) is 22.6. The fraction of sp³-hybridized carbons (Fsp3) is 0.516. The average Bonchev–Trinajstić information content (AvgIpc) is 2.84. The third-order valence-electron chi connectivity index (χ3n) is 6.90. The third-order valence-corrected chi connectivity index (χ3v) is 6.90. The van der Waals surface area contributed by atoms with Crippen LogP contribution in [0.4, 0.5) is 0 Å². The quantitative estimate of drug-likeness (QED) is 0.292. The number of rotatable bonds is 9. The molecule has 0 amide bonds. The van der Waals surface area contributed by atoms with Crippen LogP contribution in [0.1, 0.15) is 112 Å². The largest absolute Gasteiger partial charge is 0.192 e. The van der Waals surface area contributed by atoms with Crippen LogP contribution in [0.3, 0.4) is 0 Å². The first-order chi connectivity index (χ1) is 15.7. The van der Waals surface area contributed by atoms with Crippen LogP contribution in [0.5, 0.6) is 0 Å². The van der Waals surface area contributed by atoms with Crippen molar-refractivity contribution in [2.75, 3.05) is 0 Å². The van der Waals surface area contributed by atoms with E-state index in [0.717, 1.165) is 30.4 Å². The fourth-order valence-corrected chi connectivity index (χ4v) is 4.88. The monoisotopic (exact) mass is 425 g/mol. The second kappa shape index (κ2) is 13.1. The van der Waals surface area contributed by atoms with E-state index in [2.05, 4.69) is 74.2 Å².